The van der Waals surface area contributed by atoms with E-state index in [4.69, 9.17) is 13.7 Å². The molecule has 2 aromatic carbocycles. The molecule has 0 atom stereocenters. The number of rotatable bonds is 5. The van der Waals surface area contributed by atoms with Crippen LogP contribution in [0.3, 0.4) is 0 Å². The van der Waals surface area contributed by atoms with Crippen LogP contribution in [-0.4, -0.2) is 22.6 Å². The molecule has 0 radical (unpaired) electrons. The van der Waals surface area contributed by atoms with Crippen LogP contribution in [-0.2, 0) is 10.1 Å². The standard InChI is InChI=1S/C14H12FIO5S/c1-19-12-7-11(15)14(8-13(12)20-2)22(17,18)21-10-5-3-4-9(16)6-10/h3-8H,1-2H3. The van der Waals surface area contributed by atoms with E-state index in [1.165, 1.54) is 26.4 Å². The number of benzene rings is 2. The van der Waals surface area contributed by atoms with Crippen LogP contribution < -0.4 is 13.7 Å². The maximum atomic E-state index is 14.0. The SMILES string of the molecule is COc1cc(F)c(S(=O)(=O)Oc2cccc(I)c2)cc1OC. The first-order valence-corrected chi connectivity index (χ1v) is 8.47. The molecule has 0 aliphatic carbocycles. The minimum atomic E-state index is -4.33. The lowest BCUT2D eigenvalue weighted by Gasteiger charge is -2.12. The third kappa shape index (κ3) is 3.61. The average molecular weight is 438 g/mol. The minimum absolute atomic E-state index is 0.0909. The summed E-state index contributed by atoms with van der Waals surface area (Å²) in [6, 6.07) is 8.37. The Morgan fingerprint density at radius 3 is 2.27 bits per heavy atom. The molecule has 0 aliphatic rings. The molecule has 118 valence electrons. The zero-order valence-corrected chi connectivity index (χ0v) is 14.6. The fraction of sp³-hybridized carbons (Fsp3) is 0.143. The monoisotopic (exact) mass is 438 g/mol. The lowest BCUT2D eigenvalue weighted by Crippen LogP contribution is -2.12. The first kappa shape index (κ1) is 16.8. The van der Waals surface area contributed by atoms with E-state index in [0.717, 1.165) is 15.7 Å². The van der Waals surface area contributed by atoms with E-state index in [2.05, 4.69) is 0 Å². The van der Waals surface area contributed by atoms with Crippen LogP contribution >= 0.6 is 22.6 Å². The molecule has 2 rings (SSSR count). The summed E-state index contributed by atoms with van der Waals surface area (Å²) in [6.45, 7) is 0. The van der Waals surface area contributed by atoms with E-state index in [1.54, 1.807) is 12.1 Å². The summed E-state index contributed by atoms with van der Waals surface area (Å²) < 4.78 is 54.2. The summed E-state index contributed by atoms with van der Waals surface area (Å²) in [5.41, 5.74) is 0. The van der Waals surface area contributed by atoms with Crippen molar-refractivity contribution < 1.29 is 26.5 Å². The lowest BCUT2D eigenvalue weighted by molar-refractivity contribution is 0.349. The normalized spacial score (nSPS) is 11.1. The summed E-state index contributed by atoms with van der Waals surface area (Å²) in [4.78, 5) is -0.621. The first-order chi connectivity index (χ1) is 10.4. The van der Waals surface area contributed by atoms with Gasteiger partial charge in [0.2, 0.25) is 0 Å². The Labute approximate surface area is 141 Å². The molecule has 8 heteroatoms. The molecule has 22 heavy (non-hydrogen) atoms. The van der Waals surface area contributed by atoms with Crippen molar-refractivity contribution in [3.8, 4) is 17.2 Å². The van der Waals surface area contributed by atoms with Crippen LogP contribution in [0.4, 0.5) is 4.39 Å². The summed E-state index contributed by atoms with van der Waals surface area (Å²) in [6.07, 6.45) is 0. The molecular formula is C14H12FIO5S. The van der Waals surface area contributed by atoms with Crippen LogP contribution in [0.15, 0.2) is 41.3 Å². The van der Waals surface area contributed by atoms with Crippen molar-refractivity contribution in [2.24, 2.45) is 0 Å². The highest BCUT2D eigenvalue weighted by Gasteiger charge is 2.24. The second-order valence-corrected chi connectivity index (χ2v) is 6.89. The molecule has 0 saturated heterocycles. The number of halogens is 2. The second-order valence-electron chi connectivity index (χ2n) is 4.13. The molecule has 0 aromatic heterocycles. The number of hydrogen-bond acceptors (Lipinski definition) is 5. The molecule has 0 N–H and O–H groups in total. The van der Waals surface area contributed by atoms with Gasteiger partial charge in [-0.1, -0.05) is 6.07 Å². The highest BCUT2D eigenvalue weighted by Crippen LogP contribution is 2.33. The minimum Gasteiger partial charge on any atom is -0.493 e. The second kappa shape index (κ2) is 6.69. The van der Waals surface area contributed by atoms with Crippen molar-refractivity contribution in [1.82, 2.24) is 0 Å². The van der Waals surface area contributed by atoms with Crippen LogP contribution in [0.1, 0.15) is 0 Å². The van der Waals surface area contributed by atoms with Crippen LogP contribution in [0, 0.1) is 9.39 Å². The van der Waals surface area contributed by atoms with E-state index in [-0.39, 0.29) is 17.2 Å². The van der Waals surface area contributed by atoms with Gasteiger partial charge < -0.3 is 13.7 Å². The number of hydrogen-bond donors (Lipinski definition) is 0. The van der Waals surface area contributed by atoms with Gasteiger partial charge in [0, 0.05) is 15.7 Å². The van der Waals surface area contributed by atoms with Gasteiger partial charge in [0.05, 0.1) is 14.2 Å². The number of ether oxygens (including phenoxy) is 2. The third-order valence-electron chi connectivity index (χ3n) is 2.71. The Bertz CT molecular complexity index is 792. The van der Waals surface area contributed by atoms with Gasteiger partial charge in [-0.15, -0.1) is 0 Å². The van der Waals surface area contributed by atoms with Gasteiger partial charge >= 0.3 is 10.1 Å². The average Bonchev–Trinajstić information content (AvgIpc) is 2.46. The van der Waals surface area contributed by atoms with Gasteiger partial charge in [-0.2, -0.15) is 8.42 Å². The Hall–Kier alpha value is -1.55. The summed E-state index contributed by atoms with van der Waals surface area (Å²) in [5, 5.41) is 0. The van der Waals surface area contributed by atoms with Gasteiger partial charge in [0.15, 0.2) is 11.5 Å². The molecule has 0 saturated carbocycles. The summed E-state index contributed by atoms with van der Waals surface area (Å²) in [5.74, 6) is -0.703. The Morgan fingerprint density at radius 2 is 1.68 bits per heavy atom. The third-order valence-corrected chi connectivity index (χ3v) is 4.64. The summed E-state index contributed by atoms with van der Waals surface area (Å²) in [7, 11) is -1.68. The van der Waals surface area contributed by atoms with Crippen molar-refractivity contribution in [3.63, 3.8) is 0 Å². The zero-order valence-electron chi connectivity index (χ0n) is 11.7. The van der Waals surface area contributed by atoms with E-state index in [0.29, 0.717) is 0 Å². The van der Waals surface area contributed by atoms with Crippen LogP contribution in [0.25, 0.3) is 0 Å². The Morgan fingerprint density at radius 1 is 1.05 bits per heavy atom. The largest absolute Gasteiger partial charge is 0.493 e. The number of methoxy groups -OCH3 is 2. The predicted molar refractivity (Wildman–Crippen MR) is 86.5 cm³/mol. The first-order valence-electron chi connectivity index (χ1n) is 5.99. The van der Waals surface area contributed by atoms with Crippen LogP contribution in [0.2, 0.25) is 0 Å². The van der Waals surface area contributed by atoms with Gasteiger partial charge in [0.25, 0.3) is 0 Å². The van der Waals surface area contributed by atoms with Crippen molar-refractivity contribution in [3.05, 3.63) is 45.8 Å². The molecule has 0 bridgehead atoms. The fourth-order valence-corrected chi connectivity index (χ4v) is 3.23. The maximum absolute atomic E-state index is 14.0. The van der Waals surface area contributed by atoms with Gasteiger partial charge in [0.1, 0.15) is 16.5 Å². The molecule has 5 nitrogen and oxygen atoms in total. The fourth-order valence-electron chi connectivity index (χ4n) is 1.72. The van der Waals surface area contributed by atoms with Crippen LogP contribution in [0.5, 0.6) is 17.2 Å². The van der Waals surface area contributed by atoms with Crippen molar-refractivity contribution in [2.75, 3.05) is 14.2 Å². The van der Waals surface area contributed by atoms with Crippen molar-refractivity contribution in [2.45, 2.75) is 4.90 Å². The van der Waals surface area contributed by atoms with E-state index in [1.807, 2.05) is 22.6 Å². The maximum Gasteiger partial charge on any atom is 0.342 e. The summed E-state index contributed by atoms with van der Waals surface area (Å²) >= 11 is 2.01. The van der Waals surface area contributed by atoms with Gasteiger partial charge in [-0.3, -0.25) is 0 Å². The Balaban J connectivity index is 2.45. The van der Waals surface area contributed by atoms with E-state index >= 15 is 0 Å². The van der Waals surface area contributed by atoms with Crippen molar-refractivity contribution >= 4 is 32.7 Å². The molecule has 0 aliphatic heterocycles. The topological polar surface area (TPSA) is 61.8 Å². The lowest BCUT2D eigenvalue weighted by atomic mass is 10.3. The molecule has 0 fully saturated rings. The predicted octanol–water partition coefficient (Wildman–Crippen LogP) is 3.22. The molecule has 2 aromatic rings. The van der Waals surface area contributed by atoms with E-state index in [9.17, 15) is 12.8 Å². The van der Waals surface area contributed by atoms with E-state index < -0.39 is 20.8 Å². The molecule has 0 unspecified atom stereocenters. The highest BCUT2D eigenvalue weighted by atomic mass is 127. The smallest absolute Gasteiger partial charge is 0.342 e. The van der Waals surface area contributed by atoms with Gasteiger partial charge in [-0.05, 0) is 40.8 Å². The molecular weight excluding hydrogens is 426 g/mol. The molecule has 0 heterocycles. The van der Waals surface area contributed by atoms with Gasteiger partial charge in [-0.25, -0.2) is 4.39 Å². The highest BCUT2D eigenvalue weighted by molar-refractivity contribution is 14.1. The Kier molecular flexibility index (Phi) is 5.12. The quantitative estimate of drug-likeness (QED) is 0.530. The molecule has 0 spiro atoms. The van der Waals surface area contributed by atoms with Crippen molar-refractivity contribution in [1.29, 1.82) is 0 Å². The zero-order chi connectivity index (χ0) is 16.3. The molecule has 0 amide bonds.